The summed E-state index contributed by atoms with van der Waals surface area (Å²) < 4.78 is 0. The highest BCUT2D eigenvalue weighted by molar-refractivity contribution is 5.87. The van der Waals surface area contributed by atoms with E-state index in [9.17, 15) is 9.59 Å². The minimum Gasteiger partial charge on any atom is -0.352 e. The van der Waals surface area contributed by atoms with Gasteiger partial charge in [0.25, 0.3) is 0 Å². The monoisotopic (exact) mass is 341 g/mol. The number of likely N-dealkylation sites (tertiary alicyclic amines) is 1. The number of hydrogen-bond acceptors (Lipinski definition) is 3. The maximum atomic E-state index is 12.7. The molecule has 0 saturated carbocycles. The summed E-state index contributed by atoms with van der Waals surface area (Å²) in [7, 11) is 2.16. The van der Waals surface area contributed by atoms with Crippen LogP contribution in [0.15, 0.2) is 36.9 Å². The van der Waals surface area contributed by atoms with Crippen molar-refractivity contribution in [3.63, 3.8) is 0 Å². The smallest absolute Gasteiger partial charge is 0.243 e. The van der Waals surface area contributed by atoms with Gasteiger partial charge in [-0.2, -0.15) is 0 Å². The van der Waals surface area contributed by atoms with Gasteiger partial charge in [-0.3, -0.25) is 9.59 Å². The topological polar surface area (TPSA) is 52.7 Å². The normalized spacial score (nSPS) is 19.3. The molecule has 0 radical (unpaired) electrons. The second-order valence-corrected chi connectivity index (χ2v) is 7.24. The maximum absolute atomic E-state index is 12.7. The minimum absolute atomic E-state index is 0.0708. The van der Waals surface area contributed by atoms with Crippen molar-refractivity contribution in [2.75, 3.05) is 33.2 Å². The summed E-state index contributed by atoms with van der Waals surface area (Å²) in [6.07, 6.45) is 3.72. The van der Waals surface area contributed by atoms with Crippen molar-refractivity contribution in [1.82, 2.24) is 15.1 Å². The van der Waals surface area contributed by atoms with Gasteiger partial charge in [0.15, 0.2) is 0 Å². The molecule has 1 saturated heterocycles. The van der Waals surface area contributed by atoms with Gasteiger partial charge in [-0.1, -0.05) is 30.8 Å². The second-order valence-electron chi connectivity index (χ2n) is 7.24. The highest BCUT2D eigenvalue weighted by atomic mass is 16.2. The van der Waals surface area contributed by atoms with Crippen LogP contribution in [-0.4, -0.2) is 54.8 Å². The molecular weight excluding hydrogens is 314 g/mol. The lowest BCUT2D eigenvalue weighted by atomic mass is 9.69. The van der Waals surface area contributed by atoms with Crippen molar-refractivity contribution in [2.45, 2.75) is 31.2 Å². The molecule has 2 heterocycles. The quantitative estimate of drug-likeness (QED) is 0.848. The van der Waals surface area contributed by atoms with Gasteiger partial charge in [0.05, 0.1) is 0 Å². The Morgan fingerprint density at radius 3 is 2.72 bits per heavy atom. The molecule has 25 heavy (non-hydrogen) atoms. The van der Waals surface area contributed by atoms with Crippen molar-refractivity contribution in [2.24, 2.45) is 0 Å². The molecule has 1 aromatic rings. The van der Waals surface area contributed by atoms with Gasteiger partial charge in [-0.15, -0.1) is 0 Å². The fourth-order valence-electron chi connectivity index (χ4n) is 4.06. The van der Waals surface area contributed by atoms with Gasteiger partial charge in [-0.05, 0) is 50.2 Å². The molecular formula is C20H27N3O2. The van der Waals surface area contributed by atoms with E-state index in [1.807, 2.05) is 4.90 Å². The van der Waals surface area contributed by atoms with E-state index < -0.39 is 0 Å². The number of amides is 2. The number of carbonyl (C=O) groups excluding carboxylic acids is 2. The molecule has 3 rings (SSSR count). The van der Waals surface area contributed by atoms with Gasteiger partial charge >= 0.3 is 0 Å². The zero-order valence-corrected chi connectivity index (χ0v) is 15.0. The van der Waals surface area contributed by atoms with E-state index in [0.29, 0.717) is 19.5 Å². The average Bonchev–Trinajstić information content (AvgIpc) is 2.64. The van der Waals surface area contributed by atoms with E-state index in [1.165, 1.54) is 17.2 Å². The van der Waals surface area contributed by atoms with Gasteiger partial charge in [0.2, 0.25) is 11.8 Å². The van der Waals surface area contributed by atoms with Crippen molar-refractivity contribution in [3.8, 4) is 0 Å². The van der Waals surface area contributed by atoms with Crippen molar-refractivity contribution < 1.29 is 9.59 Å². The van der Waals surface area contributed by atoms with Crippen LogP contribution in [0.5, 0.6) is 0 Å². The number of carbonyl (C=O) groups is 2. The highest BCUT2D eigenvalue weighted by Gasteiger charge is 2.42. The Kier molecular flexibility index (Phi) is 5.23. The number of fused-ring (bicyclic) bond motifs is 2. The number of nitrogens with zero attached hydrogens (tertiary/aromatic N) is 2. The fourth-order valence-corrected chi connectivity index (χ4v) is 4.06. The van der Waals surface area contributed by atoms with Crippen molar-refractivity contribution in [1.29, 1.82) is 0 Å². The van der Waals surface area contributed by atoms with E-state index in [1.54, 1.807) is 0 Å². The zero-order chi connectivity index (χ0) is 17.9. The van der Waals surface area contributed by atoms with Gasteiger partial charge in [-0.25, -0.2) is 0 Å². The zero-order valence-electron chi connectivity index (χ0n) is 15.0. The third-order valence-corrected chi connectivity index (χ3v) is 5.56. The lowest BCUT2D eigenvalue weighted by Crippen LogP contribution is -2.53. The Balaban J connectivity index is 1.74. The van der Waals surface area contributed by atoms with E-state index in [4.69, 9.17) is 0 Å². The standard InChI is InChI=1S/C20H27N3O2/c1-3-18(24)21-11-8-19(25)23-14-16-6-4-5-7-17(16)20(15-23)9-12-22(2)13-10-20/h3-7H,1,8-15H2,2H3,(H,21,24). The summed E-state index contributed by atoms with van der Waals surface area (Å²) in [5.41, 5.74) is 2.76. The number of rotatable bonds is 4. The van der Waals surface area contributed by atoms with Crippen LogP contribution in [0.3, 0.4) is 0 Å². The van der Waals surface area contributed by atoms with Crippen LogP contribution in [0.25, 0.3) is 0 Å². The molecule has 1 fully saturated rings. The first-order valence-corrected chi connectivity index (χ1v) is 8.99. The molecule has 1 aromatic carbocycles. The number of nitrogens with one attached hydrogen (secondary N) is 1. The summed E-state index contributed by atoms with van der Waals surface area (Å²) in [5, 5.41) is 2.69. The molecule has 0 unspecified atom stereocenters. The van der Waals surface area contributed by atoms with Crippen LogP contribution in [-0.2, 0) is 21.5 Å². The SMILES string of the molecule is C=CC(=O)NCCC(=O)N1Cc2ccccc2C2(CCN(C)CC2)C1. The molecule has 0 bridgehead atoms. The lowest BCUT2D eigenvalue weighted by molar-refractivity contribution is -0.133. The first-order valence-electron chi connectivity index (χ1n) is 8.99. The molecule has 1 N–H and O–H groups in total. The molecule has 2 amide bonds. The molecule has 0 atom stereocenters. The maximum Gasteiger partial charge on any atom is 0.243 e. The van der Waals surface area contributed by atoms with Crippen molar-refractivity contribution >= 4 is 11.8 Å². The number of hydrogen-bond donors (Lipinski definition) is 1. The summed E-state index contributed by atoms with van der Waals surface area (Å²) in [6, 6.07) is 8.56. The fraction of sp³-hybridized carbons (Fsp3) is 0.500. The molecule has 1 spiro atoms. The van der Waals surface area contributed by atoms with Crippen LogP contribution in [0.1, 0.15) is 30.4 Å². The summed E-state index contributed by atoms with van der Waals surface area (Å²) in [5.74, 6) is -0.124. The second kappa shape index (κ2) is 7.40. The third-order valence-electron chi connectivity index (χ3n) is 5.56. The summed E-state index contributed by atoms with van der Waals surface area (Å²) >= 11 is 0. The highest BCUT2D eigenvalue weighted by Crippen LogP contribution is 2.41. The van der Waals surface area contributed by atoms with E-state index in [-0.39, 0.29) is 17.2 Å². The van der Waals surface area contributed by atoms with Crippen LogP contribution in [0.4, 0.5) is 0 Å². The lowest BCUT2D eigenvalue weighted by Gasteiger charge is -2.48. The molecule has 2 aliphatic heterocycles. The van der Waals surface area contributed by atoms with Crippen LogP contribution in [0.2, 0.25) is 0 Å². The van der Waals surface area contributed by atoms with Crippen molar-refractivity contribution in [3.05, 3.63) is 48.0 Å². The predicted molar refractivity (Wildman–Crippen MR) is 98.1 cm³/mol. The minimum atomic E-state index is -0.233. The summed E-state index contributed by atoms with van der Waals surface area (Å²) in [4.78, 5) is 28.3. The van der Waals surface area contributed by atoms with Crippen LogP contribution < -0.4 is 5.32 Å². The van der Waals surface area contributed by atoms with E-state index >= 15 is 0 Å². The number of piperidine rings is 1. The predicted octanol–water partition coefficient (Wildman–Crippen LogP) is 1.68. The van der Waals surface area contributed by atoms with Crippen LogP contribution >= 0.6 is 0 Å². The van der Waals surface area contributed by atoms with E-state index in [0.717, 1.165) is 32.5 Å². The molecule has 2 aliphatic rings. The number of benzene rings is 1. The average molecular weight is 341 g/mol. The molecule has 5 nitrogen and oxygen atoms in total. The molecule has 0 aliphatic carbocycles. The first-order chi connectivity index (χ1) is 12.0. The Labute approximate surface area is 149 Å². The van der Waals surface area contributed by atoms with Gasteiger partial charge in [0, 0.05) is 31.5 Å². The van der Waals surface area contributed by atoms with Gasteiger partial charge < -0.3 is 15.1 Å². The van der Waals surface area contributed by atoms with Crippen LogP contribution in [0, 0.1) is 0 Å². The van der Waals surface area contributed by atoms with Gasteiger partial charge in [0.1, 0.15) is 0 Å². The third kappa shape index (κ3) is 3.76. The van der Waals surface area contributed by atoms with E-state index in [2.05, 4.69) is 48.1 Å². The largest absolute Gasteiger partial charge is 0.352 e. The molecule has 5 heteroatoms. The molecule has 0 aromatic heterocycles. The summed E-state index contributed by atoms with van der Waals surface area (Å²) in [6.45, 7) is 7.36. The molecule has 134 valence electrons. The Morgan fingerprint density at radius 2 is 2.00 bits per heavy atom. The Bertz CT molecular complexity index is 663. The Morgan fingerprint density at radius 1 is 1.28 bits per heavy atom. The first kappa shape index (κ1) is 17.7. The Hall–Kier alpha value is -2.14.